The maximum atomic E-state index is 10.8. The molecule has 0 amide bonds. The van der Waals surface area contributed by atoms with Gasteiger partial charge in [0, 0.05) is 12.6 Å². The summed E-state index contributed by atoms with van der Waals surface area (Å²) < 4.78 is 4.52. The Hall–Kier alpha value is -0.610. The second kappa shape index (κ2) is 5.09. The van der Waals surface area contributed by atoms with Gasteiger partial charge in [0.25, 0.3) is 0 Å². The summed E-state index contributed by atoms with van der Waals surface area (Å²) in [5, 5.41) is 2.98. The van der Waals surface area contributed by atoms with E-state index in [0.717, 1.165) is 0 Å². The van der Waals surface area contributed by atoms with E-state index in [1.165, 1.54) is 7.11 Å². The SMILES string of the molecule is COC(=O)[C@H](C)NC(C)CN. The lowest BCUT2D eigenvalue weighted by Gasteiger charge is -2.15. The summed E-state index contributed by atoms with van der Waals surface area (Å²) >= 11 is 0. The molecular formula is C7H16N2O2. The topological polar surface area (TPSA) is 64.3 Å². The number of carbonyl (C=O) groups is 1. The summed E-state index contributed by atoms with van der Waals surface area (Å²) in [7, 11) is 1.37. The molecule has 1 unspecified atom stereocenters. The van der Waals surface area contributed by atoms with Crippen LogP contribution in [0.5, 0.6) is 0 Å². The number of rotatable bonds is 4. The molecule has 0 rings (SSSR count). The smallest absolute Gasteiger partial charge is 0.322 e. The number of methoxy groups -OCH3 is 1. The second-order valence-electron chi connectivity index (χ2n) is 2.55. The van der Waals surface area contributed by atoms with E-state index in [1.807, 2.05) is 6.92 Å². The van der Waals surface area contributed by atoms with Gasteiger partial charge in [-0.15, -0.1) is 0 Å². The molecule has 0 saturated heterocycles. The summed E-state index contributed by atoms with van der Waals surface area (Å²) in [4.78, 5) is 10.8. The van der Waals surface area contributed by atoms with E-state index in [1.54, 1.807) is 6.92 Å². The standard InChI is InChI=1S/C7H16N2O2/c1-5(4-8)9-6(2)7(10)11-3/h5-6,9H,4,8H2,1-3H3/t5?,6-/m0/s1. The largest absolute Gasteiger partial charge is 0.468 e. The maximum absolute atomic E-state index is 10.8. The molecule has 0 aromatic carbocycles. The van der Waals surface area contributed by atoms with Crippen molar-refractivity contribution in [2.75, 3.05) is 13.7 Å². The summed E-state index contributed by atoms with van der Waals surface area (Å²) in [6.45, 7) is 4.18. The van der Waals surface area contributed by atoms with Gasteiger partial charge in [0.05, 0.1) is 7.11 Å². The average molecular weight is 160 g/mol. The van der Waals surface area contributed by atoms with E-state index in [9.17, 15) is 4.79 Å². The Morgan fingerprint density at radius 3 is 2.55 bits per heavy atom. The lowest BCUT2D eigenvalue weighted by atomic mass is 10.2. The molecule has 0 aromatic rings. The summed E-state index contributed by atoms with van der Waals surface area (Å²) in [6, 6.07) is -0.136. The lowest BCUT2D eigenvalue weighted by molar-refractivity contribution is -0.142. The molecule has 0 aliphatic carbocycles. The predicted octanol–water partition coefficient (Wildman–Crippen LogP) is -0.515. The van der Waals surface area contributed by atoms with Gasteiger partial charge in [0.15, 0.2) is 0 Å². The molecule has 4 nitrogen and oxygen atoms in total. The van der Waals surface area contributed by atoms with E-state index in [4.69, 9.17) is 5.73 Å². The van der Waals surface area contributed by atoms with Crippen LogP contribution in [-0.4, -0.2) is 31.7 Å². The van der Waals surface area contributed by atoms with Crippen molar-refractivity contribution in [2.24, 2.45) is 5.73 Å². The Labute approximate surface area is 67.1 Å². The van der Waals surface area contributed by atoms with Gasteiger partial charge in [-0.05, 0) is 13.8 Å². The second-order valence-corrected chi connectivity index (χ2v) is 2.55. The number of hydrogen-bond acceptors (Lipinski definition) is 4. The first-order chi connectivity index (χ1) is 5.11. The maximum Gasteiger partial charge on any atom is 0.322 e. The van der Waals surface area contributed by atoms with E-state index in [-0.39, 0.29) is 18.1 Å². The number of hydrogen-bond donors (Lipinski definition) is 2. The third kappa shape index (κ3) is 3.95. The molecule has 0 aromatic heterocycles. The zero-order valence-electron chi connectivity index (χ0n) is 7.26. The van der Waals surface area contributed by atoms with Crippen molar-refractivity contribution in [1.29, 1.82) is 0 Å². The van der Waals surface area contributed by atoms with Crippen LogP contribution in [0.2, 0.25) is 0 Å². The molecule has 2 atom stereocenters. The van der Waals surface area contributed by atoms with Gasteiger partial charge in [0.1, 0.15) is 6.04 Å². The lowest BCUT2D eigenvalue weighted by Crippen LogP contribution is -2.43. The van der Waals surface area contributed by atoms with Gasteiger partial charge >= 0.3 is 5.97 Å². The van der Waals surface area contributed by atoms with Gasteiger partial charge in [-0.2, -0.15) is 0 Å². The number of nitrogens with two attached hydrogens (primary N) is 1. The molecule has 0 aliphatic rings. The van der Waals surface area contributed by atoms with Gasteiger partial charge in [-0.3, -0.25) is 4.79 Å². The van der Waals surface area contributed by atoms with Crippen LogP contribution in [0.15, 0.2) is 0 Å². The van der Waals surface area contributed by atoms with E-state index >= 15 is 0 Å². The third-order valence-electron chi connectivity index (χ3n) is 1.44. The van der Waals surface area contributed by atoms with Crippen LogP contribution in [0.3, 0.4) is 0 Å². The Balaban J connectivity index is 3.67. The Morgan fingerprint density at radius 2 is 2.18 bits per heavy atom. The fraction of sp³-hybridized carbons (Fsp3) is 0.857. The van der Waals surface area contributed by atoms with Gasteiger partial charge in [-0.1, -0.05) is 0 Å². The molecule has 0 radical (unpaired) electrons. The van der Waals surface area contributed by atoms with Crippen LogP contribution in [0.25, 0.3) is 0 Å². The summed E-state index contributed by atoms with van der Waals surface area (Å²) in [6.07, 6.45) is 0. The first-order valence-corrected chi connectivity index (χ1v) is 3.65. The quantitative estimate of drug-likeness (QED) is 0.543. The van der Waals surface area contributed by atoms with Crippen LogP contribution < -0.4 is 11.1 Å². The minimum Gasteiger partial charge on any atom is -0.468 e. The molecule has 4 heteroatoms. The molecule has 0 saturated carbocycles. The first-order valence-electron chi connectivity index (χ1n) is 3.65. The Morgan fingerprint density at radius 1 is 1.64 bits per heavy atom. The zero-order valence-corrected chi connectivity index (χ0v) is 7.26. The highest BCUT2D eigenvalue weighted by Gasteiger charge is 2.13. The van der Waals surface area contributed by atoms with Crippen molar-refractivity contribution in [3.63, 3.8) is 0 Å². The van der Waals surface area contributed by atoms with Gasteiger partial charge in [-0.25, -0.2) is 0 Å². The molecule has 0 aliphatic heterocycles. The molecule has 11 heavy (non-hydrogen) atoms. The fourth-order valence-corrected chi connectivity index (χ4v) is 0.740. The fourth-order valence-electron chi connectivity index (χ4n) is 0.740. The van der Waals surface area contributed by atoms with Gasteiger partial charge < -0.3 is 15.8 Å². The van der Waals surface area contributed by atoms with Crippen molar-refractivity contribution in [1.82, 2.24) is 5.32 Å². The van der Waals surface area contributed by atoms with Crippen molar-refractivity contribution in [3.05, 3.63) is 0 Å². The number of ether oxygens (including phenoxy) is 1. The zero-order chi connectivity index (χ0) is 8.85. The van der Waals surface area contributed by atoms with Crippen LogP contribution in [0, 0.1) is 0 Å². The Bertz CT molecular complexity index is 128. The van der Waals surface area contributed by atoms with E-state index in [0.29, 0.717) is 6.54 Å². The molecular weight excluding hydrogens is 144 g/mol. The van der Waals surface area contributed by atoms with E-state index in [2.05, 4.69) is 10.1 Å². The first kappa shape index (κ1) is 10.4. The number of nitrogens with one attached hydrogen (secondary N) is 1. The highest BCUT2D eigenvalue weighted by atomic mass is 16.5. The monoisotopic (exact) mass is 160 g/mol. The van der Waals surface area contributed by atoms with Crippen LogP contribution in [0.4, 0.5) is 0 Å². The molecule has 3 N–H and O–H groups in total. The molecule has 0 spiro atoms. The summed E-state index contributed by atoms with van der Waals surface area (Å²) in [5.41, 5.74) is 5.35. The summed E-state index contributed by atoms with van der Waals surface area (Å²) in [5.74, 6) is -0.259. The molecule has 66 valence electrons. The normalized spacial score (nSPS) is 15.6. The van der Waals surface area contributed by atoms with Crippen LogP contribution in [-0.2, 0) is 9.53 Å². The Kier molecular flexibility index (Phi) is 4.81. The van der Waals surface area contributed by atoms with Crippen molar-refractivity contribution in [2.45, 2.75) is 25.9 Å². The molecule has 0 bridgehead atoms. The molecule has 0 heterocycles. The minimum absolute atomic E-state index is 0.143. The van der Waals surface area contributed by atoms with E-state index < -0.39 is 0 Å². The van der Waals surface area contributed by atoms with Crippen molar-refractivity contribution in [3.8, 4) is 0 Å². The van der Waals surface area contributed by atoms with Crippen LogP contribution >= 0.6 is 0 Å². The highest BCUT2D eigenvalue weighted by Crippen LogP contribution is 1.88. The van der Waals surface area contributed by atoms with Crippen molar-refractivity contribution < 1.29 is 9.53 Å². The van der Waals surface area contributed by atoms with Crippen LogP contribution in [0.1, 0.15) is 13.8 Å². The number of esters is 1. The van der Waals surface area contributed by atoms with Crippen molar-refractivity contribution >= 4 is 5.97 Å². The average Bonchev–Trinajstić information content (AvgIpc) is 2.02. The predicted molar refractivity (Wildman–Crippen MR) is 43.1 cm³/mol. The number of carbonyl (C=O) groups excluding carboxylic acids is 1. The molecule has 0 fully saturated rings. The third-order valence-corrected chi connectivity index (χ3v) is 1.44. The van der Waals surface area contributed by atoms with Gasteiger partial charge in [0.2, 0.25) is 0 Å². The minimum atomic E-state index is -0.279. The highest BCUT2D eigenvalue weighted by molar-refractivity contribution is 5.75.